The number of fused-ring (bicyclic) bond motifs is 1. The van der Waals surface area contributed by atoms with E-state index in [0.29, 0.717) is 37.1 Å². The van der Waals surface area contributed by atoms with Gasteiger partial charge in [-0.25, -0.2) is 9.97 Å². The molecule has 1 atom stereocenters. The Morgan fingerprint density at radius 3 is 2.83 bits per heavy atom. The summed E-state index contributed by atoms with van der Waals surface area (Å²) < 4.78 is 5.56. The Kier molecular flexibility index (Phi) is 6.83. The molecule has 182 valence electrons. The average molecular weight is 482 g/mol. The zero-order valence-corrected chi connectivity index (χ0v) is 19.7. The van der Waals surface area contributed by atoms with Crippen molar-refractivity contribution in [3.05, 3.63) is 79.6 Å². The van der Waals surface area contributed by atoms with Crippen LogP contribution in [0.5, 0.6) is 0 Å². The van der Waals surface area contributed by atoms with Gasteiger partial charge in [0.15, 0.2) is 0 Å². The molecule has 1 fully saturated rings. The first-order valence-corrected chi connectivity index (χ1v) is 11.7. The van der Waals surface area contributed by atoms with Crippen LogP contribution in [0.25, 0.3) is 22.2 Å². The molecule has 0 saturated carbocycles. The van der Waals surface area contributed by atoms with E-state index >= 15 is 0 Å². The molecule has 0 unspecified atom stereocenters. The molecule has 1 amide bonds. The first kappa shape index (κ1) is 23.4. The highest BCUT2D eigenvalue weighted by Crippen LogP contribution is 2.29. The van der Waals surface area contributed by atoms with Crippen LogP contribution in [-0.4, -0.2) is 53.2 Å². The molecule has 1 aliphatic heterocycles. The molecular formula is C27H27N7O2. The molecule has 36 heavy (non-hydrogen) atoms. The van der Waals surface area contributed by atoms with Crippen molar-refractivity contribution in [2.24, 2.45) is 5.73 Å². The molecular weight excluding hydrogens is 454 g/mol. The van der Waals surface area contributed by atoms with E-state index in [0.717, 1.165) is 34.4 Å². The molecule has 4 N–H and O–H groups in total. The fraction of sp³-hybridized carbons (Fsp3) is 0.185. The van der Waals surface area contributed by atoms with Crippen molar-refractivity contribution in [3.8, 4) is 11.3 Å². The highest BCUT2D eigenvalue weighted by molar-refractivity contribution is 5.99. The summed E-state index contributed by atoms with van der Waals surface area (Å²) >= 11 is 0. The summed E-state index contributed by atoms with van der Waals surface area (Å²) in [5.41, 5.74) is 10.8. The smallest absolute Gasteiger partial charge is 0.247 e. The maximum Gasteiger partial charge on any atom is 0.247 e. The second-order valence-electron chi connectivity index (χ2n) is 8.39. The number of amides is 1. The van der Waals surface area contributed by atoms with Crippen molar-refractivity contribution in [2.75, 3.05) is 41.8 Å². The number of nitrogens with zero attached hydrogens (tertiary/aromatic N) is 4. The van der Waals surface area contributed by atoms with E-state index in [2.05, 4.69) is 44.2 Å². The number of para-hydroxylation sites is 1. The van der Waals surface area contributed by atoms with Gasteiger partial charge < -0.3 is 26.0 Å². The maximum absolute atomic E-state index is 11.7. The predicted molar refractivity (Wildman–Crippen MR) is 142 cm³/mol. The number of nitrogens with one attached hydrogen (secondary N) is 2. The first-order chi connectivity index (χ1) is 17.6. The molecule has 9 nitrogen and oxygen atoms in total. The summed E-state index contributed by atoms with van der Waals surface area (Å²) in [6, 6.07) is 17.7. The van der Waals surface area contributed by atoms with Gasteiger partial charge in [-0.2, -0.15) is 0 Å². The summed E-state index contributed by atoms with van der Waals surface area (Å²) in [6.45, 7) is 6.20. The Hall–Kier alpha value is -4.34. The lowest BCUT2D eigenvalue weighted by Crippen LogP contribution is -2.49. The summed E-state index contributed by atoms with van der Waals surface area (Å²) in [6.07, 6.45) is 4.66. The molecule has 0 aliphatic carbocycles. The minimum atomic E-state index is -0.280. The molecule has 2 aromatic heterocycles. The van der Waals surface area contributed by atoms with Crippen LogP contribution in [0.15, 0.2) is 79.6 Å². The van der Waals surface area contributed by atoms with Crippen LogP contribution < -0.4 is 21.3 Å². The highest BCUT2D eigenvalue weighted by atomic mass is 16.5. The lowest BCUT2D eigenvalue weighted by atomic mass is 10.1. The van der Waals surface area contributed by atoms with Crippen molar-refractivity contribution >= 4 is 39.8 Å². The van der Waals surface area contributed by atoms with Crippen LogP contribution in [0, 0.1) is 0 Å². The van der Waals surface area contributed by atoms with Crippen molar-refractivity contribution in [2.45, 2.75) is 6.04 Å². The lowest BCUT2D eigenvalue weighted by Gasteiger charge is -2.36. The summed E-state index contributed by atoms with van der Waals surface area (Å²) in [5.74, 6) is 0.196. The van der Waals surface area contributed by atoms with Crippen molar-refractivity contribution in [3.63, 3.8) is 0 Å². The van der Waals surface area contributed by atoms with Gasteiger partial charge in [0.25, 0.3) is 0 Å². The number of pyridine rings is 1. The van der Waals surface area contributed by atoms with Gasteiger partial charge in [0.2, 0.25) is 11.9 Å². The minimum absolute atomic E-state index is 0.178. The van der Waals surface area contributed by atoms with Gasteiger partial charge in [-0.1, -0.05) is 24.8 Å². The fourth-order valence-corrected chi connectivity index (χ4v) is 4.23. The fourth-order valence-electron chi connectivity index (χ4n) is 4.23. The van der Waals surface area contributed by atoms with Gasteiger partial charge >= 0.3 is 0 Å². The second-order valence-corrected chi connectivity index (χ2v) is 8.39. The number of anilines is 4. The van der Waals surface area contributed by atoms with Gasteiger partial charge in [0.1, 0.15) is 0 Å². The lowest BCUT2D eigenvalue weighted by molar-refractivity contribution is -0.111. The Morgan fingerprint density at radius 1 is 1.17 bits per heavy atom. The average Bonchev–Trinajstić information content (AvgIpc) is 2.93. The molecule has 0 bridgehead atoms. The van der Waals surface area contributed by atoms with E-state index in [9.17, 15) is 4.79 Å². The number of nitrogens with two attached hydrogens (primary N) is 1. The van der Waals surface area contributed by atoms with Gasteiger partial charge in [-0.15, -0.1) is 0 Å². The number of carbonyl (C=O) groups excluding carboxylic acids is 1. The number of carbonyl (C=O) groups is 1. The van der Waals surface area contributed by atoms with E-state index in [1.807, 2.05) is 36.4 Å². The quantitative estimate of drug-likeness (QED) is 0.342. The van der Waals surface area contributed by atoms with Crippen LogP contribution in [-0.2, 0) is 9.53 Å². The Balaban J connectivity index is 1.40. The van der Waals surface area contributed by atoms with E-state index in [1.54, 1.807) is 18.5 Å². The maximum atomic E-state index is 11.7. The third-order valence-corrected chi connectivity index (χ3v) is 6.05. The van der Waals surface area contributed by atoms with Gasteiger partial charge in [-0.05, 0) is 42.5 Å². The third kappa shape index (κ3) is 5.02. The van der Waals surface area contributed by atoms with E-state index < -0.39 is 0 Å². The molecule has 1 aliphatic rings. The monoisotopic (exact) mass is 481 g/mol. The van der Waals surface area contributed by atoms with Crippen LogP contribution >= 0.6 is 0 Å². The topological polar surface area (TPSA) is 118 Å². The number of rotatable bonds is 7. The summed E-state index contributed by atoms with van der Waals surface area (Å²) in [4.78, 5) is 27.8. The molecule has 5 rings (SSSR count). The van der Waals surface area contributed by atoms with Crippen molar-refractivity contribution in [1.82, 2.24) is 15.0 Å². The number of hydrogen-bond acceptors (Lipinski definition) is 8. The molecule has 3 heterocycles. The van der Waals surface area contributed by atoms with Crippen LogP contribution in [0.2, 0.25) is 0 Å². The second kappa shape index (κ2) is 10.5. The van der Waals surface area contributed by atoms with Gasteiger partial charge in [0.05, 0.1) is 30.5 Å². The van der Waals surface area contributed by atoms with Crippen molar-refractivity contribution < 1.29 is 9.53 Å². The SMILES string of the molecule is C=CC(=O)Nc1ccnc(-c2cccc3cnc(Nc4ccc(N5CCOC[C@@H]5CN)cc4)nc23)c1. The van der Waals surface area contributed by atoms with E-state index in [-0.39, 0.29) is 11.9 Å². The highest BCUT2D eigenvalue weighted by Gasteiger charge is 2.21. The number of hydrogen-bond donors (Lipinski definition) is 3. The minimum Gasteiger partial charge on any atom is -0.377 e. The Labute approximate surface area is 209 Å². The molecule has 0 spiro atoms. The number of aromatic nitrogens is 3. The summed E-state index contributed by atoms with van der Waals surface area (Å²) in [7, 11) is 0. The van der Waals surface area contributed by atoms with Gasteiger partial charge in [0, 0.05) is 53.5 Å². The molecule has 0 radical (unpaired) electrons. The Bertz CT molecular complexity index is 1390. The molecule has 1 saturated heterocycles. The zero-order chi connectivity index (χ0) is 24.9. The summed E-state index contributed by atoms with van der Waals surface area (Å²) in [5, 5.41) is 6.95. The van der Waals surface area contributed by atoms with Crippen LogP contribution in [0.3, 0.4) is 0 Å². The van der Waals surface area contributed by atoms with Gasteiger partial charge in [-0.3, -0.25) is 9.78 Å². The standard InChI is InChI=1S/C27H27N7O2/c1-2-25(35)31-20-10-11-29-24(14-20)23-5-3-4-18-16-30-27(33-26(18)23)32-19-6-8-21(9-7-19)34-12-13-36-17-22(34)15-28/h2-11,14,16,22H,1,12-13,15,17,28H2,(H,29,31,35)(H,30,32,33)/t22-/m0/s1. The van der Waals surface area contributed by atoms with E-state index in [4.69, 9.17) is 15.5 Å². The number of morpholine rings is 1. The molecule has 9 heteroatoms. The van der Waals surface area contributed by atoms with Crippen molar-refractivity contribution in [1.29, 1.82) is 0 Å². The molecule has 4 aromatic rings. The van der Waals surface area contributed by atoms with Crippen LogP contribution in [0.1, 0.15) is 0 Å². The Morgan fingerprint density at radius 2 is 2.03 bits per heavy atom. The molecule has 2 aromatic carbocycles. The normalized spacial score (nSPS) is 15.5. The predicted octanol–water partition coefficient (Wildman–Crippen LogP) is 3.72. The van der Waals surface area contributed by atoms with Crippen LogP contribution in [0.4, 0.5) is 23.0 Å². The zero-order valence-electron chi connectivity index (χ0n) is 19.7. The van der Waals surface area contributed by atoms with E-state index in [1.165, 1.54) is 6.08 Å². The number of benzene rings is 2. The first-order valence-electron chi connectivity index (χ1n) is 11.7. The number of ether oxygens (including phenoxy) is 1. The largest absolute Gasteiger partial charge is 0.377 e. The third-order valence-electron chi connectivity index (χ3n) is 6.05.